The normalized spacial score (nSPS) is 10.1. The highest BCUT2D eigenvalue weighted by molar-refractivity contribution is 7.17. The second-order valence-corrected chi connectivity index (χ2v) is 4.06. The largest absolute Gasteiger partial charge is 0.462 e. The van der Waals surface area contributed by atoms with Crippen molar-refractivity contribution in [2.45, 2.75) is 26.7 Å². The Bertz CT molecular complexity index is 320. The molecule has 4 heteroatoms. The maximum Gasteiger partial charge on any atom is 0.348 e. The van der Waals surface area contributed by atoms with E-state index in [-0.39, 0.29) is 5.97 Å². The van der Waals surface area contributed by atoms with Crippen LogP contribution < -0.4 is 5.73 Å². The fourth-order valence-electron chi connectivity index (χ4n) is 1.27. The third kappa shape index (κ3) is 2.48. The van der Waals surface area contributed by atoms with Gasteiger partial charge in [-0.2, -0.15) is 0 Å². The summed E-state index contributed by atoms with van der Waals surface area (Å²) < 4.78 is 4.94. The van der Waals surface area contributed by atoms with Crippen molar-refractivity contribution in [1.82, 2.24) is 0 Å². The number of rotatable bonds is 4. The molecule has 1 aromatic heterocycles. The first kappa shape index (κ1) is 11.0. The van der Waals surface area contributed by atoms with E-state index in [0.29, 0.717) is 16.5 Å². The Labute approximate surface area is 87.9 Å². The second-order valence-electron chi connectivity index (χ2n) is 2.97. The molecule has 0 radical (unpaired) electrons. The van der Waals surface area contributed by atoms with Crippen LogP contribution in [0.3, 0.4) is 0 Å². The molecule has 0 aliphatic rings. The van der Waals surface area contributed by atoms with Crippen LogP contribution in [0.15, 0.2) is 6.07 Å². The van der Waals surface area contributed by atoms with Gasteiger partial charge in [0, 0.05) is 0 Å². The first-order chi connectivity index (χ1) is 6.69. The van der Waals surface area contributed by atoms with Gasteiger partial charge in [0.25, 0.3) is 0 Å². The molecule has 0 bridgehead atoms. The summed E-state index contributed by atoms with van der Waals surface area (Å²) in [6.07, 6.45) is 1.88. The molecule has 1 rings (SSSR count). The van der Waals surface area contributed by atoms with Crippen molar-refractivity contribution < 1.29 is 9.53 Å². The minimum atomic E-state index is -0.252. The number of aryl methyl sites for hydroxylation is 1. The van der Waals surface area contributed by atoms with Gasteiger partial charge in [-0.3, -0.25) is 0 Å². The van der Waals surface area contributed by atoms with Crippen LogP contribution in [0.1, 0.15) is 35.5 Å². The maximum atomic E-state index is 11.5. The zero-order chi connectivity index (χ0) is 10.6. The lowest BCUT2D eigenvalue weighted by atomic mass is 10.1. The molecule has 0 fully saturated rings. The van der Waals surface area contributed by atoms with E-state index in [1.165, 1.54) is 11.3 Å². The molecule has 3 nitrogen and oxygen atoms in total. The number of nitrogens with two attached hydrogens (primary N) is 1. The Morgan fingerprint density at radius 3 is 2.86 bits per heavy atom. The number of anilines is 1. The van der Waals surface area contributed by atoms with Crippen LogP contribution in [0.25, 0.3) is 0 Å². The third-order valence-corrected chi connectivity index (χ3v) is 2.79. The van der Waals surface area contributed by atoms with Gasteiger partial charge in [0.1, 0.15) is 4.88 Å². The summed E-state index contributed by atoms with van der Waals surface area (Å²) in [5, 5.41) is 0.677. The van der Waals surface area contributed by atoms with Gasteiger partial charge in [-0.15, -0.1) is 11.3 Å². The Balaban J connectivity index is 2.88. The average molecular weight is 213 g/mol. The molecule has 14 heavy (non-hydrogen) atoms. The molecule has 0 saturated heterocycles. The van der Waals surface area contributed by atoms with Crippen molar-refractivity contribution in [1.29, 1.82) is 0 Å². The fourth-order valence-corrected chi connectivity index (χ4v) is 2.15. The standard InChI is InChI=1S/C10H15NO2S/c1-3-5-7-6-8(11)14-9(7)10(12)13-4-2/h6H,3-5,11H2,1-2H3. The molecule has 0 unspecified atom stereocenters. The number of hydrogen-bond donors (Lipinski definition) is 1. The van der Waals surface area contributed by atoms with Gasteiger partial charge in [0.15, 0.2) is 0 Å². The van der Waals surface area contributed by atoms with E-state index in [2.05, 4.69) is 6.92 Å². The van der Waals surface area contributed by atoms with Gasteiger partial charge in [-0.05, 0) is 25.0 Å². The number of thiophene rings is 1. The fraction of sp³-hybridized carbons (Fsp3) is 0.500. The Hall–Kier alpha value is -1.03. The molecule has 2 N–H and O–H groups in total. The summed E-state index contributed by atoms with van der Waals surface area (Å²) in [5.41, 5.74) is 6.66. The maximum absolute atomic E-state index is 11.5. The predicted octanol–water partition coefficient (Wildman–Crippen LogP) is 2.46. The van der Waals surface area contributed by atoms with Crippen molar-refractivity contribution in [3.63, 3.8) is 0 Å². The predicted molar refractivity (Wildman–Crippen MR) is 58.7 cm³/mol. The molecule has 0 amide bonds. The lowest BCUT2D eigenvalue weighted by Gasteiger charge is -2.01. The average Bonchev–Trinajstić information content (AvgIpc) is 2.48. The van der Waals surface area contributed by atoms with Crippen LogP contribution in [-0.2, 0) is 11.2 Å². The summed E-state index contributed by atoms with van der Waals surface area (Å²) in [7, 11) is 0. The molecular formula is C10H15NO2S. The van der Waals surface area contributed by atoms with Crippen LogP contribution >= 0.6 is 11.3 Å². The summed E-state index contributed by atoms with van der Waals surface area (Å²) in [5.74, 6) is -0.252. The number of esters is 1. The summed E-state index contributed by atoms with van der Waals surface area (Å²) in [6.45, 7) is 4.28. The van der Waals surface area contributed by atoms with E-state index in [1.807, 2.05) is 6.07 Å². The number of nitrogen functional groups attached to an aromatic ring is 1. The van der Waals surface area contributed by atoms with E-state index < -0.39 is 0 Å². The van der Waals surface area contributed by atoms with Gasteiger partial charge in [0.05, 0.1) is 11.6 Å². The van der Waals surface area contributed by atoms with Crippen LogP contribution in [-0.4, -0.2) is 12.6 Å². The number of carbonyl (C=O) groups excluding carboxylic acids is 1. The van der Waals surface area contributed by atoms with Crippen molar-refractivity contribution in [2.24, 2.45) is 0 Å². The van der Waals surface area contributed by atoms with Gasteiger partial charge in [-0.25, -0.2) is 4.79 Å². The minimum Gasteiger partial charge on any atom is -0.462 e. The van der Waals surface area contributed by atoms with Crippen LogP contribution in [0.4, 0.5) is 5.00 Å². The number of hydrogen-bond acceptors (Lipinski definition) is 4. The van der Waals surface area contributed by atoms with Crippen LogP contribution in [0.2, 0.25) is 0 Å². The first-order valence-electron chi connectivity index (χ1n) is 4.74. The van der Waals surface area contributed by atoms with Crippen LogP contribution in [0.5, 0.6) is 0 Å². The quantitative estimate of drug-likeness (QED) is 0.782. The molecule has 0 spiro atoms. The van der Waals surface area contributed by atoms with E-state index in [4.69, 9.17) is 10.5 Å². The van der Waals surface area contributed by atoms with E-state index in [9.17, 15) is 4.79 Å². The molecular weight excluding hydrogens is 198 g/mol. The Kier molecular flexibility index (Phi) is 3.95. The Morgan fingerprint density at radius 2 is 2.29 bits per heavy atom. The smallest absolute Gasteiger partial charge is 0.348 e. The van der Waals surface area contributed by atoms with Crippen LogP contribution in [0, 0.1) is 0 Å². The van der Waals surface area contributed by atoms with E-state index in [1.54, 1.807) is 6.92 Å². The lowest BCUT2D eigenvalue weighted by Crippen LogP contribution is -2.04. The number of carbonyl (C=O) groups is 1. The van der Waals surface area contributed by atoms with E-state index in [0.717, 1.165) is 18.4 Å². The molecule has 1 heterocycles. The third-order valence-electron chi connectivity index (χ3n) is 1.81. The summed E-state index contributed by atoms with van der Waals surface area (Å²) >= 11 is 1.31. The minimum absolute atomic E-state index is 0.252. The highest BCUT2D eigenvalue weighted by atomic mass is 32.1. The van der Waals surface area contributed by atoms with Crippen molar-refractivity contribution in [3.05, 3.63) is 16.5 Å². The van der Waals surface area contributed by atoms with Crippen molar-refractivity contribution in [2.75, 3.05) is 12.3 Å². The van der Waals surface area contributed by atoms with Gasteiger partial charge < -0.3 is 10.5 Å². The SMILES string of the molecule is CCCc1cc(N)sc1C(=O)OCC. The highest BCUT2D eigenvalue weighted by Gasteiger charge is 2.15. The highest BCUT2D eigenvalue weighted by Crippen LogP contribution is 2.26. The molecule has 78 valence electrons. The molecule has 0 atom stereocenters. The van der Waals surface area contributed by atoms with E-state index >= 15 is 0 Å². The summed E-state index contributed by atoms with van der Waals surface area (Å²) in [6, 6.07) is 1.86. The Morgan fingerprint density at radius 1 is 1.57 bits per heavy atom. The zero-order valence-electron chi connectivity index (χ0n) is 8.50. The molecule has 0 aliphatic heterocycles. The molecule has 1 aromatic rings. The van der Waals surface area contributed by atoms with Gasteiger partial charge >= 0.3 is 5.97 Å². The topological polar surface area (TPSA) is 52.3 Å². The first-order valence-corrected chi connectivity index (χ1v) is 5.56. The van der Waals surface area contributed by atoms with Crippen molar-refractivity contribution in [3.8, 4) is 0 Å². The molecule has 0 saturated carbocycles. The summed E-state index contributed by atoms with van der Waals surface area (Å²) in [4.78, 5) is 12.1. The molecule has 0 aliphatic carbocycles. The lowest BCUT2D eigenvalue weighted by molar-refractivity contribution is 0.0531. The van der Waals surface area contributed by atoms with Gasteiger partial charge in [0.2, 0.25) is 0 Å². The monoisotopic (exact) mass is 213 g/mol. The second kappa shape index (κ2) is 5.00. The molecule has 0 aromatic carbocycles. The van der Waals surface area contributed by atoms with Crippen molar-refractivity contribution >= 4 is 22.3 Å². The van der Waals surface area contributed by atoms with Gasteiger partial charge in [-0.1, -0.05) is 13.3 Å². The number of ether oxygens (including phenoxy) is 1. The zero-order valence-corrected chi connectivity index (χ0v) is 9.32.